The Kier molecular flexibility index (Phi) is 4.41. The summed E-state index contributed by atoms with van der Waals surface area (Å²) in [5.41, 5.74) is 5.81. The number of halogens is 2. The van der Waals surface area contributed by atoms with Crippen molar-refractivity contribution in [3.63, 3.8) is 0 Å². The SMILES string of the molecule is NC(=O)CSCc1cc(F)ccc1Br. The number of nitrogens with two attached hydrogens (primary N) is 1. The number of hydrogen-bond acceptors (Lipinski definition) is 2. The van der Waals surface area contributed by atoms with Crippen LogP contribution in [-0.4, -0.2) is 11.7 Å². The molecule has 0 fully saturated rings. The van der Waals surface area contributed by atoms with Crippen molar-refractivity contribution in [1.82, 2.24) is 0 Å². The maximum absolute atomic E-state index is 12.8. The Morgan fingerprint density at radius 2 is 2.29 bits per heavy atom. The fourth-order valence-electron chi connectivity index (χ4n) is 0.916. The van der Waals surface area contributed by atoms with E-state index in [1.165, 1.54) is 23.9 Å². The number of benzene rings is 1. The second kappa shape index (κ2) is 5.36. The largest absolute Gasteiger partial charge is 0.369 e. The Balaban J connectivity index is 2.57. The highest BCUT2D eigenvalue weighted by Crippen LogP contribution is 2.22. The Hall–Kier alpha value is -0.550. The first-order chi connectivity index (χ1) is 6.59. The maximum Gasteiger partial charge on any atom is 0.227 e. The normalized spacial score (nSPS) is 10.1. The zero-order valence-corrected chi connectivity index (χ0v) is 9.70. The molecule has 0 aliphatic carbocycles. The van der Waals surface area contributed by atoms with Crippen molar-refractivity contribution in [3.05, 3.63) is 34.1 Å². The lowest BCUT2D eigenvalue weighted by atomic mass is 10.2. The van der Waals surface area contributed by atoms with Crippen LogP contribution in [-0.2, 0) is 10.5 Å². The molecule has 2 N–H and O–H groups in total. The summed E-state index contributed by atoms with van der Waals surface area (Å²) in [7, 11) is 0. The second-order valence-electron chi connectivity index (χ2n) is 2.69. The molecular formula is C9H9BrFNOS. The molecule has 5 heteroatoms. The van der Waals surface area contributed by atoms with Crippen molar-refractivity contribution in [2.75, 3.05) is 5.75 Å². The Bertz CT molecular complexity index is 346. The van der Waals surface area contributed by atoms with Gasteiger partial charge in [0.1, 0.15) is 5.82 Å². The number of carbonyl (C=O) groups excluding carboxylic acids is 1. The standard InChI is InChI=1S/C9H9BrFNOS/c10-8-2-1-7(11)3-6(8)4-14-5-9(12)13/h1-3H,4-5H2,(H2,12,13). The minimum absolute atomic E-state index is 0.253. The molecule has 0 bridgehead atoms. The van der Waals surface area contributed by atoms with Gasteiger partial charge in [0.05, 0.1) is 5.75 Å². The van der Waals surface area contributed by atoms with Gasteiger partial charge in [0, 0.05) is 10.2 Å². The molecule has 0 aromatic heterocycles. The lowest BCUT2D eigenvalue weighted by molar-refractivity contribution is -0.115. The van der Waals surface area contributed by atoms with E-state index in [-0.39, 0.29) is 17.5 Å². The summed E-state index contributed by atoms with van der Waals surface area (Å²) in [4.78, 5) is 10.5. The average Bonchev–Trinajstić information content (AvgIpc) is 2.10. The van der Waals surface area contributed by atoms with Crippen LogP contribution in [0.3, 0.4) is 0 Å². The van der Waals surface area contributed by atoms with Gasteiger partial charge in [0.25, 0.3) is 0 Å². The summed E-state index contributed by atoms with van der Waals surface area (Å²) in [6.45, 7) is 0. The predicted molar refractivity (Wildman–Crippen MR) is 59.5 cm³/mol. The molecule has 1 rings (SSSR count). The first kappa shape index (κ1) is 11.5. The van der Waals surface area contributed by atoms with Crippen LogP contribution in [0.15, 0.2) is 22.7 Å². The van der Waals surface area contributed by atoms with E-state index in [9.17, 15) is 9.18 Å². The number of thioether (sulfide) groups is 1. The Morgan fingerprint density at radius 3 is 2.93 bits per heavy atom. The van der Waals surface area contributed by atoms with E-state index in [4.69, 9.17) is 5.73 Å². The zero-order valence-electron chi connectivity index (χ0n) is 7.30. The molecule has 0 saturated carbocycles. The van der Waals surface area contributed by atoms with Crippen LogP contribution in [0.1, 0.15) is 5.56 Å². The molecule has 1 amide bonds. The summed E-state index contributed by atoms with van der Waals surface area (Å²) < 4.78 is 13.7. The van der Waals surface area contributed by atoms with Gasteiger partial charge in [-0.2, -0.15) is 0 Å². The van der Waals surface area contributed by atoms with Crippen LogP contribution in [0.2, 0.25) is 0 Å². The second-order valence-corrected chi connectivity index (χ2v) is 4.53. The molecule has 1 aromatic rings. The Morgan fingerprint density at radius 1 is 1.57 bits per heavy atom. The van der Waals surface area contributed by atoms with Crippen molar-refractivity contribution >= 4 is 33.6 Å². The van der Waals surface area contributed by atoms with E-state index >= 15 is 0 Å². The highest BCUT2D eigenvalue weighted by Gasteiger charge is 2.02. The molecule has 0 atom stereocenters. The van der Waals surface area contributed by atoms with Gasteiger partial charge >= 0.3 is 0 Å². The van der Waals surface area contributed by atoms with Crippen molar-refractivity contribution < 1.29 is 9.18 Å². The fraction of sp³-hybridized carbons (Fsp3) is 0.222. The topological polar surface area (TPSA) is 43.1 Å². The van der Waals surface area contributed by atoms with Crippen molar-refractivity contribution in [2.45, 2.75) is 5.75 Å². The minimum atomic E-state index is -0.359. The summed E-state index contributed by atoms with van der Waals surface area (Å²) in [6.07, 6.45) is 0. The van der Waals surface area contributed by atoms with Crippen molar-refractivity contribution in [1.29, 1.82) is 0 Å². The molecule has 2 nitrogen and oxygen atoms in total. The smallest absolute Gasteiger partial charge is 0.227 e. The van der Waals surface area contributed by atoms with Crippen LogP contribution in [0, 0.1) is 5.82 Å². The molecule has 0 spiro atoms. The van der Waals surface area contributed by atoms with Gasteiger partial charge in [0.15, 0.2) is 0 Å². The maximum atomic E-state index is 12.8. The van der Waals surface area contributed by atoms with Crippen LogP contribution in [0.4, 0.5) is 4.39 Å². The molecule has 14 heavy (non-hydrogen) atoms. The molecule has 0 aliphatic rings. The first-order valence-corrected chi connectivity index (χ1v) is 5.84. The molecule has 0 unspecified atom stereocenters. The fourth-order valence-corrected chi connectivity index (χ4v) is 2.25. The van der Waals surface area contributed by atoms with Gasteiger partial charge in [-0.15, -0.1) is 11.8 Å². The third kappa shape index (κ3) is 3.67. The molecule has 0 radical (unpaired) electrons. The molecule has 1 aromatic carbocycles. The molecule has 0 aliphatic heterocycles. The van der Waals surface area contributed by atoms with Gasteiger partial charge in [-0.1, -0.05) is 15.9 Å². The van der Waals surface area contributed by atoms with E-state index in [1.807, 2.05) is 0 Å². The molecular weight excluding hydrogens is 269 g/mol. The van der Waals surface area contributed by atoms with Gasteiger partial charge in [-0.3, -0.25) is 4.79 Å². The minimum Gasteiger partial charge on any atom is -0.369 e. The van der Waals surface area contributed by atoms with Crippen LogP contribution in [0.5, 0.6) is 0 Å². The zero-order chi connectivity index (χ0) is 10.6. The molecule has 76 valence electrons. The summed E-state index contributed by atoms with van der Waals surface area (Å²) in [5, 5.41) is 0. The van der Waals surface area contributed by atoms with E-state index in [0.29, 0.717) is 5.75 Å². The summed E-state index contributed by atoms with van der Waals surface area (Å²) in [6, 6.07) is 4.47. The highest BCUT2D eigenvalue weighted by atomic mass is 79.9. The molecule has 0 heterocycles. The number of carbonyl (C=O) groups is 1. The van der Waals surface area contributed by atoms with Crippen LogP contribution in [0.25, 0.3) is 0 Å². The number of hydrogen-bond donors (Lipinski definition) is 1. The van der Waals surface area contributed by atoms with Gasteiger partial charge in [-0.25, -0.2) is 4.39 Å². The van der Waals surface area contributed by atoms with Crippen LogP contribution >= 0.6 is 27.7 Å². The van der Waals surface area contributed by atoms with E-state index in [2.05, 4.69) is 15.9 Å². The number of primary amides is 1. The third-order valence-electron chi connectivity index (χ3n) is 1.51. The Labute approximate surface area is 94.2 Å². The monoisotopic (exact) mass is 277 g/mol. The van der Waals surface area contributed by atoms with E-state index in [0.717, 1.165) is 10.0 Å². The van der Waals surface area contributed by atoms with Crippen LogP contribution < -0.4 is 5.73 Å². The van der Waals surface area contributed by atoms with Gasteiger partial charge in [-0.05, 0) is 23.8 Å². The first-order valence-electron chi connectivity index (χ1n) is 3.89. The van der Waals surface area contributed by atoms with Crippen molar-refractivity contribution in [2.24, 2.45) is 5.73 Å². The van der Waals surface area contributed by atoms with E-state index in [1.54, 1.807) is 6.07 Å². The van der Waals surface area contributed by atoms with E-state index < -0.39 is 0 Å². The van der Waals surface area contributed by atoms with Gasteiger partial charge < -0.3 is 5.73 Å². The number of amides is 1. The third-order valence-corrected chi connectivity index (χ3v) is 3.29. The highest BCUT2D eigenvalue weighted by molar-refractivity contribution is 9.10. The quantitative estimate of drug-likeness (QED) is 0.918. The summed E-state index contributed by atoms with van der Waals surface area (Å²) in [5.74, 6) is 0.190. The summed E-state index contributed by atoms with van der Waals surface area (Å²) >= 11 is 4.67. The van der Waals surface area contributed by atoms with Crippen molar-refractivity contribution in [3.8, 4) is 0 Å². The van der Waals surface area contributed by atoms with Gasteiger partial charge in [0.2, 0.25) is 5.91 Å². The molecule has 0 saturated heterocycles. The lowest BCUT2D eigenvalue weighted by Gasteiger charge is -2.03. The average molecular weight is 278 g/mol. The predicted octanol–water partition coefficient (Wildman–Crippen LogP) is 2.31. The number of rotatable bonds is 4. The lowest BCUT2D eigenvalue weighted by Crippen LogP contribution is -2.13.